The largest absolute Gasteiger partial charge is 0.480 e. The summed E-state index contributed by atoms with van der Waals surface area (Å²) in [5.41, 5.74) is 4.33. The number of aliphatic carboxylic acids is 1. The number of nitrogens with two attached hydrogens (primary N) is 1. The molecule has 0 aromatic carbocycles. The Balaban J connectivity index is 1.94. The summed E-state index contributed by atoms with van der Waals surface area (Å²) in [6.07, 6.45) is 7.95. The molecule has 2 aliphatic rings. The molecule has 0 aromatic rings. The molecule has 0 radical (unpaired) electrons. The normalized spacial score (nSPS) is 36.2. The average molecular weight is 241 g/mol. The zero-order chi connectivity index (χ0) is 12.5. The molecule has 98 valence electrons. The predicted octanol–water partition coefficient (Wildman–Crippen LogP) is 1.37. The van der Waals surface area contributed by atoms with E-state index in [1.165, 1.54) is 32.1 Å². The molecule has 17 heavy (non-hydrogen) atoms. The van der Waals surface area contributed by atoms with Crippen molar-refractivity contribution in [3.8, 4) is 0 Å². The lowest BCUT2D eigenvalue weighted by molar-refractivity contribution is -0.147. The smallest absolute Gasteiger partial charge is 0.326 e. The minimum absolute atomic E-state index is 0.409. The highest BCUT2D eigenvalue weighted by Crippen LogP contribution is 2.50. The van der Waals surface area contributed by atoms with Gasteiger partial charge in [0, 0.05) is 0 Å². The van der Waals surface area contributed by atoms with E-state index in [0.29, 0.717) is 18.3 Å². The maximum Gasteiger partial charge on any atom is 0.326 e. The van der Waals surface area contributed by atoms with Gasteiger partial charge in [0.15, 0.2) is 0 Å². The number of fused-ring (bicyclic) bond motifs is 1. The minimum Gasteiger partial charge on any atom is -0.480 e. The molecular formula is C13H23NO3. The molecule has 0 aliphatic heterocycles. The van der Waals surface area contributed by atoms with Gasteiger partial charge in [-0.1, -0.05) is 25.7 Å². The van der Waals surface area contributed by atoms with Gasteiger partial charge in [0.1, 0.15) is 5.54 Å². The fourth-order valence-electron chi connectivity index (χ4n) is 3.62. The van der Waals surface area contributed by atoms with Gasteiger partial charge in [-0.05, 0) is 37.0 Å². The van der Waals surface area contributed by atoms with Crippen LogP contribution in [0.25, 0.3) is 0 Å². The third-order valence-electron chi connectivity index (χ3n) is 4.76. The summed E-state index contributed by atoms with van der Waals surface area (Å²) in [4.78, 5) is 11.1. The molecular weight excluding hydrogens is 218 g/mol. The maximum absolute atomic E-state index is 11.1. The Morgan fingerprint density at radius 2 is 2.00 bits per heavy atom. The van der Waals surface area contributed by atoms with Crippen LogP contribution in [0.2, 0.25) is 0 Å². The summed E-state index contributed by atoms with van der Waals surface area (Å²) in [5, 5.41) is 18.2. The van der Waals surface area contributed by atoms with E-state index in [9.17, 15) is 4.79 Å². The fourth-order valence-corrected chi connectivity index (χ4v) is 3.62. The quantitative estimate of drug-likeness (QED) is 0.694. The van der Waals surface area contributed by atoms with Gasteiger partial charge in [0.25, 0.3) is 0 Å². The Hall–Kier alpha value is -0.610. The van der Waals surface area contributed by atoms with Crippen molar-refractivity contribution in [1.82, 2.24) is 0 Å². The Morgan fingerprint density at radius 3 is 2.65 bits per heavy atom. The number of aliphatic hydroxyl groups excluding tert-OH is 1. The molecule has 0 saturated heterocycles. The molecule has 4 unspecified atom stereocenters. The predicted molar refractivity (Wildman–Crippen MR) is 64.4 cm³/mol. The number of hydrogen-bond donors (Lipinski definition) is 3. The Morgan fingerprint density at radius 1 is 1.29 bits per heavy atom. The first-order chi connectivity index (χ1) is 8.07. The Bertz CT molecular complexity index is 294. The number of rotatable bonds is 4. The number of aliphatic hydroxyl groups is 1. The molecule has 0 aromatic heterocycles. The summed E-state index contributed by atoms with van der Waals surface area (Å²) in [6.45, 7) is -0.462. The molecule has 2 fully saturated rings. The SMILES string of the molecule is NC(CO)(CC1CC2CCCCCC21)C(=O)O. The minimum atomic E-state index is -1.43. The first kappa shape index (κ1) is 12.8. The van der Waals surface area contributed by atoms with E-state index in [0.717, 1.165) is 12.3 Å². The molecule has 4 N–H and O–H groups in total. The zero-order valence-corrected chi connectivity index (χ0v) is 10.3. The molecule has 2 saturated carbocycles. The first-order valence-corrected chi connectivity index (χ1v) is 6.70. The summed E-state index contributed by atoms with van der Waals surface area (Å²) < 4.78 is 0. The molecule has 4 heteroatoms. The maximum atomic E-state index is 11.1. The molecule has 0 spiro atoms. The van der Waals surface area contributed by atoms with Crippen LogP contribution in [0.1, 0.15) is 44.9 Å². The topological polar surface area (TPSA) is 83.5 Å². The van der Waals surface area contributed by atoms with Crippen molar-refractivity contribution >= 4 is 5.97 Å². The summed E-state index contributed by atoms with van der Waals surface area (Å²) in [6, 6.07) is 0. The third-order valence-corrected chi connectivity index (χ3v) is 4.76. The molecule has 4 nitrogen and oxygen atoms in total. The monoisotopic (exact) mass is 241 g/mol. The standard InChI is InChI=1S/C13H23NO3/c14-13(8-15,12(16)17)7-10-6-9-4-2-1-3-5-11(9)10/h9-11,15H,1-8,14H2,(H,16,17). The van der Waals surface area contributed by atoms with Crippen LogP contribution in [0.15, 0.2) is 0 Å². The van der Waals surface area contributed by atoms with Crippen molar-refractivity contribution in [1.29, 1.82) is 0 Å². The molecule has 2 rings (SSSR count). The van der Waals surface area contributed by atoms with Gasteiger partial charge in [0.05, 0.1) is 6.61 Å². The van der Waals surface area contributed by atoms with Gasteiger partial charge in [-0.25, -0.2) is 0 Å². The zero-order valence-electron chi connectivity index (χ0n) is 10.3. The summed E-state index contributed by atoms with van der Waals surface area (Å²) >= 11 is 0. The lowest BCUT2D eigenvalue weighted by atomic mass is 9.59. The van der Waals surface area contributed by atoms with Crippen molar-refractivity contribution in [2.45, 2.75) is 50.5 Å². The second-order valence-corrected chi connectivity index (χ2v) is 5.88. The van der Waals surface area contributed by atoms with Crippen LogP contribution < -0.4 is 5.73 Å². The lowest BCUT2D eigenvalue weighted by Gasteiger charge is -2.46. The van der Waals surface area contributed by atoms with Gasteiger partial charge in [-0.2, -0.15) is 0 Å². The van der Waals surface area contributed by atoms with E-state index >= 15 is 0 Å². The first-order valence-electron chi connectivity index (χ1n) is 6.70. The number of carbonyl (C=O) groups is 1. The van der Waals surface area contributed by atoms with Crippen LogP contribution in [-0.4, -0.2) is 28.3 Å². The third kappa shape index (κ3) is 2.47. The summed E-state index contributed by atoms with van der Waals surface area (Å²) in [7, 11) is 0. The van der Waals surface area contributed by atoms with Crippen LogP contribution in [0.3, 0.4) is 0 Å². The van der Waals surface area contributed by atoms with E-state index in [4.69, 9.17) is 15.9 Å². The van der Waals surface area contributed by atoms with Gasteiger partial charge in [0.2, 0.25) is 0 Å². The highest BCUT2D eigenvalue weighted by atomic mass is 16.4. The van der Waals surface area contributed by atoms with E-state index in [2.05, 4.69) is 0 Å². The van der Waals surface area contributed by atoms with Gasteiger partial charge in [-0.15, -0.1) is 0 Å². The summed E-state index contributed by atoms with van der Waals surface area (Å²) in [5.74, 6) is 0.786. The second-order valence-electron chi connectivity index (χ2n) is 5.88. The fraction of sp³-hybridized carbons (Fsp3) is 0.923. The number of carboxylic acid groups (broad SMARTS) is 1. The van der Waals surface area contributed by atoms with Gasteiger partial charge < -0.3 is 15.9 Å². The van der Waals surface area contributed by atoms with E-state index in [1.54, 1.807) is 0 Å². The van der Waals surface area contributed by atoms with E-state index in [-0.39, 0.29) is 0 Å². The Kier molecular flexibility index (Phi) is 3.73. The highest BCUT2D eigenvalue weighted by Gasteiger charge is 2.46. The molecule has 4 atom stereocenters. The van der Waals surface area contributed by atoms with Crippen LogP contribution >= 0.6 is 0 Å². The average Bonchev–Trinajstić information content (AvgIpc) is 2.47. The van der Waals surface area contributed by atoms with Gasteiger partial charge in [-0.3, -0.25) is 4.79 Å². The van der Waals surface area contributed by atoms with Crippen LogP contribution in [-0.2, 0) is 4.79 Å². The van der Waals surface area contributed by atoms with Crippen molar-refractivity contribution in [2.24, 2.45) is 23.5 Å². The molecule has 0 bridgehead atoms. The van der Waals surface area contributed by atoms with Crippen LogP contribution in [0.5, 0.6) is 0 Å². The van der Waals surface area contributed by atoms with E-state index in [1.807, 2.05) is 0 Å². The lowest BCUT2D eigenvalue weighted by Crippen LogP contribution is -2.55. The van der Waals surface area contributed by atoms with Crippen molar-refractivity contribution < 1.29 is 15.0 Å². The van der Waals surface area contributed by atoms with Crippen LogP contribution in [0, 0.1) is 17.8 Å². The van der Waals surface area contributed by atoms with Crippen molar-refractivity contribution in [3.05, 3.63) is 0 Å². The molecule has 0 heterocycles. The highest BCUT2D eigenvalue weighted by molar-refractivity contribution is 5.78. The molecule has 0 amide bonds. The van der Waals surface area contributed by atoms with Gasteiger partial charge >= 0.3 is 5.97 Å². The van der Waals surface area contributed by atoms with E-state index < -0.39 is 18.1 Å². The number of carboxylic acids is 1. The Labute approximate surface area is 102 Å². The second kappa shape index (κ2) is 4.94. The van der Waals surface area contributed by atoms with Crippen molar-refractivity contribution in [2.75, 3.05) is 6.61 Å². The number of hydrogen-bond acceptors (Lipinski definition) is 3. The molecule has 2 aliphatic carbocycles. The van der Waals surface area contributed by atoms with Crippen LogP contribution in [0.4, 0.5) is 0 Å². The van der Waals surface area contributed by atoms with Crippen molar-refractivity contribution in [3.63, 3.8) is 0 Å².